The molecule has 0 saturated heterocycles. The second kappa shape index (κ2) is 9.99. The highest BCUT2D eigenvalue weighted by atomic mass is 16.3. The van der Waals surface area contributed by atoms with Gasteiger partial charge < -0.3 is 8.83 Å². The maximum atomic E-state index is 6.72. The van der Waals surface area contributed by atoms with Gasteiger partial charge >= 0.3 is 0 Å². The summed E-state index contributed by atoms with van der Waals surface area (Å²) in [7, 11) is 0. The third-order valence-electron chi connectivity index (χ3n) is 10.1. The molecule has 0 fully saturated rings. The van der Waals surface area contributed by atoms with Crippen LogP contribution in [0.15, 0.2) is 154 Å². The van der Waals surface area contributed by atoms with Crippen molar-refractivity contribution in [3.05, 3.63) is 157 Å². The minimum atomic E-state index is 0.593. The van der Waals surface area contributed by atoms with Crippen LogP contribution in [0.25, 0.3) is 98.4 Å². The van der Waals surface area contributed by atoms with Gasteiger partial charge in [-0.2, -0.15) is 0 Å². The van der Waals surface area contributed by atoms with E-state index in [1.165, 1.54) is 37.9 Å². The van der Waals surface area contributed by atoms with Gasteiger partial charge in [0.25, 0.3) is 0 Å². The van der Waals surface area contributed by atoms with Gasteiger partial charge in [-0.1, -0.05) is 115 Å². The fourth-order valence-corrected chi connectivity index (χ4v) is 7.96. The third-order valence-corrected chi connectivity index (χ3v) is 10.1. The average molecular weight is 627 g/mol. The summed E-state index contributed by atoms with van der Waals surface area (Å²) in [6.07, 6.45) is 0.593. The van der Waals surface area contributed by atoms with Gasteiger partial charge in [-0.15, -0.1) is 0 Å². The Hall–Kier alpha value is -6.52. The standard InChI is InChI=1S/C45H26N2O2/c1-3-12-29-26(10-1)20-21-31-28(24-27-11-2-4-13-30(27)41(29)31)25-40-46-36-18-7-5-14-32(36)44(47-40)35-17-9-16-34-43-39(49-45(34)35)23-22-38-42(43)33-15-6-8-19-37(33)48-38/h1-24H,25H2. The molecular weight excluding hydrogens is 601 g/mol. The molecule has 4 nitrogen and oxygen atoms in total. The van der Waals surface area contributed by atoms with Crippen molar-refractivity contribution in [2.24, 2.45) is 0 Å². The Kier molecular flexibility index (Phi) is 5.41. The van der Waals surface area contributed by atoms with Crippen molar-refractivity contribution in [2.75, 3.05) is 0 Å². The number of nitrogens with zero attached hydrogens (tertiary/aromatic N) is 2. The van der Waals surface area contributed by atoms with Crippen LogP contribution in [0.2, 0.25) is 0 Å². The Bertz CT molecular complexity index is 3130. The number of aromatic nitrogens is 2. The third kappa shape index (κ3) is 3.86. The van der Waals surface area contributed by atoms with Gasteiger partial charge in [-0.05, 0) is 68.2 Å². The van der Waals surface area contributed by atoms with Crippen molar-refractivity contribution in [1.82, 2.24) is 9.97 Å². The second-order valence-electron chi connectivity index (χ2n) is 12.8. The quantitative estimate of drug-likeness (QED) is 0.183. The molecule has 0 aliphatic rings. The van der Waals surface area contributed by atoms with Crippen molar-refractivity contribution in [3.63, 3.8) is 0 Å². The number of fused-ring (bicyclic) bond motifs is 13. The lowest BCUT2D eigenvalue weighted by molar-refractivity contribution is 0.663. The molecule has 3 heterocycles. The predicted octanol–water partition coefficient (Wildman–Crippen LogP) is 12.1. The molecule has 0 unspecified atom stereocenters. The molecule has 0 N–H and O–H groups in total. The average Bonchev–Trinajstić information content (AvgIpc) is 3.72. The van der Waals surface area contributed by atoms with Crippen LogP contribution in [-0.4, -0.2) is 9.97 Å². The molecule has 0 bridgehead atoms. The molecule has 3 aromatic heterocycles. The molecule has 8 aromatic carbocycles. The van der Waals surface area contributed by atoms with E-state index >= 15 is 0 Å². The molecule has 0 atom stereocenters. The van der Waals surface area contributed by atoms with Crippen LogP contribution in [0.1, 0.15) is 11.4 Å². The van der Waals surface area contributed by atoms with Crippen LogP contribution < -0.4 is 0 Å². The van der Waals surface area contributed by atoms with E-state index in [9.17, 15) is 0 Å². The van der Waals surface area contributed by atoms with E-state index in [4.69, 9.17) is 18.8 Å². The first kappa shape index (κ1) is 26.5. The van der Waals surface area contributed by atoms with E-state index in [-0.39, 0.29) is 0 Å². The Morgan fingerprint density at radius 2 is 1.10 bits per heavy atom. The Labute approximate surface area is 279 Å². The highest BCUT2D eigenvalue weighted by Gasteiger charge is 2.21. The number of hydrogen-bond donors (Lipinski definition) is 0. The first-order valence-electron chi connectivity index (χ1n) is 16.6. The summed E-state index contributed by atoms with van der Waals surface area (Å²) in [4.78, 5) is 10.5. The van der Waals surface area contributed by atoms with Crippen LogP contribution in [0.3, 0.4) is 0 Å². The number of rotatable bonds is 3. The molecule has 228 valence electrons. The smallest absolute Gasteiger partial charge is 0.144 e. The molecule has 11 rings (SSSR count). The molecule has 0 aliphatic carbocycles. The summed E-state index contributed by atoms with van der Waals surface area (Å²) in [5.74, 6) is 0.773. The number of hydrogen-bond acceptors (Lipinski definition) is 4. The van der Waals surface area contributed by atoms with E-state index in [1.54, 1.807) is 0 Å². The van der Waals surface area contributed by atoms with Crippen molar-refractivity contribution in [2.45, 2.75) is 6.42 Å². The van der Waals surface area contributed by atoms with Gasteiger partial charge in [0, 0.05) is 38.9 Å². The number of benzene rings is 8. The molecular formula is C45H26N2O2. The van der Waals surface area contributed by atoms with E-state index in [1.807, 2.05) is 30.3 Å². The van der Waals surface area contributed by atoms with Crippen molar-refractivity contribution in [1.29, 1.82) is 0 Å². The summed E-state index contributed by atoms with van der Waals surface area (Å²) in [5.41, 5.74) is 7.30. The fourth-order valence-electron chi connectivity index (χ4n) is 7.96. The lowest BCUT2D eigenvalue weighted by atomic mass is 9.92. The highest BCUT2D eigenvalue weighted by Crippen LogP contribution is 2.43. The lowest BCUT2D eigenvalue weighted by Crippen LogP contribution is -2.01. The summed E-state index contributed by atoms with van der Waals surface area (Å²) in [5, 5.41) is 12.7. The zero-order chi connectivity index (χ0) is 32.1. The van der Waals surface area contributed by atoms with Crippen LogP contribution in [-0.2, 0) is 6.42 Å². The van der Waals surface area contributed by atoms with Crippen LogP contribution in [0.5, 0.6) is 0 Å². The summed E-state index contributed by atoms with van der Waals surface area (Å²) < 4.78 is 13.0. The molecule has 49 heavy (non-hydrogen) atoms. The first-order valence-corrected chi connectivity index (χ1v) is 16.6. The lowest BCUT2D eigenvalue weighted by Gasteiger charge is -2.14. The minimum absolute atomic E-state index is 0.593. The maximum Gasteiger partial charge on any atom is 0.144 e. The SMILES string of the molecule is c1ccc2c(c1)ccc1c(Cc3nc(-c4cccc5c4oc4ccc6oc7ccccc7c6c45)c4ccccc4n3)cc3ccccc3c12. The van der Waals surface area contributed by atoms with Gasteiger partial charge in [0.15, 0.2) is 0 Å². The Balaban J connectivity index is 1.15. The molecule has 0 saturated carbocycles. The van der Waals surface area contributed by atoms with Gasteiger partial charge in [-0.25, -0.2) is 9.97 Å². The number of furan rings is 2. The molecule has 0 amide bonds. The van der Waals surface area contributed by atoms with Crippen molar-refractivity contribution in [3.8, 4) is 11.3 Å². The summed E-state index contributed by atoms with van der Waals surface area (Å²) in [6.45, 7) is 0. The Morgan fingerprint density at radius 3 is 1.98 bits per heavy atom. The fraction of sp³-hybridized carbons (Fsp3) is 0.0222. The van der Waals surface area contributed by atoms with E-state index in [0.29, 0.717) is 6.42 Å². The summed E-state index contributed by atoms with van der Waals surface area (Å²) in [6, 6.07) is 51.0. The maximum absolute atomic E-state index is 6.72. The van der Waals surface area contributed by atoms with Gasteiger partial charge in [-0.3, -0.25) is 0 Å². The normalized spacial score (nSPS) is 12.2. The van der Waals surface area contributed by atoms with Crippen LogP contribution in [0, 0.1) is 0 Å². The molecule has 4 heteroatoms. The minimum Gasteiger partial charge on any atom is -0.456 e. The predicted molar refractivity (Wildman–Crippen MR) is 201 cm³/mol. The van der Waals surface area contributed by atoms with Gasteiger partial charge in [0.2, 0.25) is 0 Å². The zero-order valence-electron chi connectivity index (χ0n) is 26.3. The highest BCUT2D eigenvalue weighted by molar-refractivity contribution is 6.27. The molecule has 0 spiro atoms. The Morgan fingerprint density at radius 1 is 0.429 bits per heavy atom. The molecule has 0 radical (unpaired) electrons. The zero-order valence-corrected chi connectivity index (χ0v) is 26.3. The van der Waals surface area contributed by atoms with Crippen LogP contribution in [0.4, 0.5) is 0 Å². The van der Waals surface area contributed by atoms with E-state index < -0.39 is 0 Å². The molecule has 0 aliphatic heterocycles. The van der Waals surface area contributed by atoms with E-state index in [2.05, 4.69) is 115 Å². The van der Waals surface area contributed by atoms with E-state index in [0.717, 1.165) is 71.9 Å². The number of para-hydroxylation sites is 3. The van der Waals surface area contributed by atoms with Gasteiger partial charge in [0.05, 0.1) is 11.2 Å². The van der Waals surface area contributed by atoms with Crippen molar-refractivity contribution >= 4 is 87.1 Å². The summed E-state index contributed by atoms with van der Waals surface area (Å²) >= 11 is 0. The van der Waals surface area contributed by atoms with Crippen LogP contribution >= 0.6 is 0 Å². The topological polar surface area (TPSA) is 52.1 Å². The largest absolute Gasteiger partial charge is 0.456 e. The molecule has 11 aromatic rings. The monoisotopic (exact) mass is 626 g/mol. The first-order chi connectivity index (χ1) is 24.3. The second-order valence-corrected chi connectivity index (χ2v) is 12.8. The van der Waals surface area contributed by atoms with Gasteiger partial charge in [0.1, 0.15) is 28.2 Å². The van der Waals surface area contributed by atoms with Crippen molar-refractivity contribution < 1.29 is 8.83 Å².